The van der Waals surface area contributed by atoms with E-state index in [0.29, 0.717) is 17.4 Å². The monoisotopic (exact) mass is 1070 g/mol. The van der Waals surface area contributed by atoms with Crippen LogP contribution in [0.4, 0.5) is 0 Å². The zero-order chi connectivity index (χ0) is 54.2. The third kappa shape index (κ3) is 58.9. The number of allylic oxidation sites excluding steroid dienone is 1. The van der Waals surface area contributed by atoms with E-state index >= 15 is 0 Å². The van der Waals surface area contributed by atoms with E-state index in [2.05, 4.69) is 19.2 Å². The number of phosphoric ester groups is 1. The molecule has 0 aromatic rings. The summed E-state index contributed by atoms with van der Waals surface area (Å²) in [5.74, 6) is -0.189. The molecule has 0 saturated heterocycles. The number of aliphatic hydroxyl groups excluding tert-OH is 1. The molecule has 0 aromatic carbocycles. The number of likely N-dealkylation sites (N-methyl/N-ethyl adjacent to an activating group) is 1. The lowest BCUT2D eigenvalue weighted by atomic mass is 10.0. The van der Waals surface area contributed by atoms with Crippen molar-refractivity contribution >= 4 is 13.7 Å². The predicted octanol–water partition coefficient (Wildman–Crippen LogP) is 19.9. The average molecular weight is 1070 g/mol. The highest BCUT2D eigenvalue weighted by Gasteiger charge is 2.23. The van der Waals surface area contributed by atoms with Crippen LogP contribution in [0.2, 0.25) is 0 Å². The van der Waals surface area contributed by atoms with Crippen molar-refractivity contribution in [3.05, 3.63) is 12.2 Å². The summed E-state index contributed by atoms with van der Waals surface area (Å²) in [6.45, 7) is 4.71. The lowest BCUT2D eigenvalue weighted by Crippen LogP contribution is -2.45. The van der Waals surface area contributed by atoms with E-state index < -0.39 is 20.0 Å². The molecule has 442 valence electrons. The summed E-state index contributed by atoms with van der Waals surface area (Å²) in [7, 11) is 1.28. The van der Waals surface area contributed by atoms with E-state index in [9.17, 15) is 19.4 Å². The van der Waals surface area contributed by atoms with Crippen LogP contribution in [0.5, 0.6) is 0 Å². The topological polar surface area (TPSA) is 108 Å². The van der Waals surface area contributed by atoms with Crippen molar-refractivity contribution in [2.45, 2.75) is 360 Å². The van der Waals surface area contributed by atoms with Gasteiger partial charge in [0.05, 0.1) is 39.9 Å². The molecule has 0 bridgehead atoms. The second-order valence-electron chi connectivity index (χ2n) is 24.2. The molecule has 0 heterocycles. The molecule has 3 atom stereocenters. The quantitative estimate of drug-likeness (QED) is 0.0272. The first-order valence-electron chi connectivity index (χ1n) is 33.1. The fourth-order valence-corrected chi connectivity index (χ4v) is 11.1. The van der Waals surface area contributed by atoms with Gasteiger partial charge in [0.15, 0.2) is 0 Å². The Hall–Kier alpha value is -0.760. The number of carbonyl (C=O) groups excluding carboxylic acids is 1. The highest BCUT2D eigenvalue weighted by Crippen LogP contribution is 2.38. The van der Waals surface area contributed by atoms with Crippen LogP contribution < -0.4 is 10.2 Å². The lowest BCUT2D eigenvalue weighted by Gasteiger charge is -2.29. The Morgan fingerprint density at radius 3 is 1.01 bits per heavy atom. The first-order valence-corrected chi connectivity index (χ1v) is 34.5. The largest absolute Gasteiger partial charge is 0.756 e. The van der Waals surface area contributed by atoms with Gasteiger partial charge in [-0.05, 0) is 19.3 Å². The Bertz CT molecular complexity index is 1210. The average Bonchev–Trinajstić information content (AvgIpc) is 3.36. The van der Waals surface area contributed by atoms with Gasteiger partial charge in [0, 0.05) is 6.42 Å². The van der Waals surface area contributed by atoms with Crippen LogP contribution in [0.3, 0.4) is 0 Å². The van der Waals surface area contributed by atoms with Crippen molar-refractivity contribution in [2.24, 2.45) is 0 Å². The maximum atomic E-state index is 13.0. The number of aliphatic hydroxyl groups is 1. The first-order chi connectivity index (χ1) is 36.0. The van der Waals surface area contributed by atoms with Gasteiger partial charge >= 0.3 is 0 Å². The zero-order valence-electron chi connectivity index (χ0n) is 50.6. The molecule has 0 aliphatic carbocycles. The second kappa shape index (κ2) is 56.9. The highest BCUT2D eigenvalue weighted by atomic mass is 31.2. The normalized spacial score (nSPS) is 13.8. The van der Waals surface area contributed by atoms with Crippen molar-refractivity contribution in [3.8, 4) is 0 Å². The smallest absolute Gasteiger partial charge is 0.268 e. The molecule has 0 fully saturated rings. The molecule has 1 amide bonds. The van der Waals surface area contributed by atoms with Crippen molar-refractivity contribution in [1.82, 2.24) is 5.32 Å². The Morgan fingerprint density at radius 2 is 0.730 bits per heavy atom. The van der Waals surface area contributed by atoms with E-state index in [-0.39, 0.29) is 19.1 Å². The molecule has 74 heavy (non-hydrogen) atoms. The predicted molar refractivity (Wildman–Crippen MR) is 321 cm³/mol. The summed E-state index contributed by atoms with van der Waals surface area (Å²) in [5, 5.41) is 13.9. The molecular formula is C65H131N2O6P. The van der Waals surface area contributed by atoms with Crippen molar-refractivity contribution in [2.75, 3.05) is 40.9 Å². The van der Waals surface area contributed by atoms with Crippen LogP contribution in [0.25, 0.3) is 0 Å². The van der Waals surface area contributed by atoms with Crippen LogP contribution in [0, 0.1) is 0 Å². The van der Waals surface area contributed by atoms with Gasteiger partial charge in [0.25, 0.3) is 7.82 Å². The number of unbranched alkanes of at least 4 members (excludes halogenated alkanes) is 49. The number of carbonyl (C=O) groups is 1. The summed E-state index contributed by atoms with van der Waals surface area (Å²) in [5.41, 5.74) is 0. The molecule has 0 radical (unpaired) electrons. The molecule has 9 heteroatoms. The minimum atomic E-state index is -4.59. The third-order valence-corrected chi connectivity index (χ3v) is 16.5. The van der Waals surface area contributed by atoms with Gasteiger partial charge in [0.2, 0.25) is 5.91 Å². The van der Waals surface area contributed by atoms with Crippen LogP contribution in [-0.2, 0) is 18.4 Å². The van der Waals surface area contributed by atoms with Crippen LogP contribution in [0.1, 0.15) is 348 Å². The minimum absolute atomic E-state index is 0.00274. The van der Waals surface area contributed by atoms with E-state index in [1.807, 2.05) is 27.2 Å². The minimum Gasteiger partial charge on any atom is -0.756 e. The fourth-order valence-electron chi connectivity index (χ4n) is 10.3. The summed E-state index contributed by atoms with van der Waals surface area (Å²) < 4.78 is 23.4. The summed E-state index contributed by atoms with van der Waals surface area (Å²) in [6.07, 6.45) is 71.9. The van der Waals surface area contributed by atoms with Crippen molar-refractivity contribution < 1.29 is 32.9 Å². The molecule has 0 aliphatic rings. The molecule has 2 N–H and O–H groups in total. The lowest BCUT2D eigenvalue weighted by molar-refractivity contribution is -0.870. The maximum absolute atomic E-state index is 13.0. The number of amides is 1. The Balaban J connectivity index is 3.94. The number of hydrogen-bond donors (Lipinski definition) is 2. The SMILES string of the molecule is CCCCCCCCCCCCCCCCC/C=C/[C@@H](O)[C@H](COP(=O)([O-])OCC[N+](C)(C)C)NC(=O)CCCCCCCCCCCCCCCCCCCCCCCCCCCCCCCCCCCCC. The molecule has 0 aliphatic heterocycles. The van der Waals surface area contributed by atoms with Crippen LogP contribution >= 0.6 is 7.82 Å². The maximum Gasteiger partial charge on any atom is 0.268 e. The molecule has 0 aromatic heterocycles. The summed E-state index contributed by atoms with van der Waals surface area (Å²) in [6, 6.07) is -0.882. The standard InChI is InChI=1S/C65H131N2O6P/c1-6-8-10-12-14-16-18-20-22-24-25-26-27-28-29-30-31-32-33-34-35-36-37-38-39-40-41-43-45-47-49-51-53-55-57-59-65(69)66-63(62-73-74(70,71)72-61-60-67(3,4)5)64(68)58-56-54-52-50-48-46-44-42-23-21-19-17-15-13-11-9-7-2/h56,58,63-64,68H,6-55,57,59-62H2,1-5H3,(H-,66,69,70,71)/b58-56+/t63-,64+/m0/s1. The summed E-state index contributed by atoms with van der Waals surface area (Å²) in [4.78, 5) is 25.5. The van der Waals surface area contributed by atoms with Gasteiger partial charge in [0.1, 0.15) is 13.2 Å². The second-order valence-corrected chi connectivity index (χ2v) is 25.6. The Morgan fingerprint density at radius 1 is 0.459 bits per heavy atom. The molecule has 0 saturated carbocycles. The first kappa shape index (κ1) is 73.2. The van der Waals surface area contributed by atoms with Crippen molar-refractivity contribution in [1.29, 1.82) is 0 Å². The molecule has 0 spiro atoms. The van der Waals surface area contributed by atoms with Gasteiger partial charge in [-0.1, -0.05) is 334 Å². The van der Waals surface area contributed by atoms with Gasteiger partial charge in [-0.2, -0.15) is 0 Å². The van der Waals surface area contributed by atoms with Crippen LogP contribution in [-0.4, -0.2) is 68.5 Å². The number of quaternary nitrogens is 1. The molecule has 8 nitrogen and oxygen atoms in total. The zero-order valence-corrected chi connectivity index (χ0v) is 51.5. The number of phosphoric acid groups is 1. The van der Waals surface area contributed by atoms with E-state index in [1.54, 1.807) is 6.08 Å². The molecule has 0 rings (SSSR count). The van der Waals surface area contributed by atoms with Crippen LogP contribution in [0.15, 0.2) is 12.2 Å². The third-order valence-electron chi connectivity index (χ3n) is 15.5. The number of nitrogens with one attached hydrogen (secondary N) is 1. The van der Waals surface area contributed by atoms with E-state index in [4.69, 9.17) is 9.05 Å². The summed E-state index contributed by atoms with van der Waals surface area (Å²) >= 11 is 0. The number of hydrogen-bond acceptors (Lipinski definition) is 6. The highest BCUT2D eigenvalue weighted by molar-refractivity contribution is 7.45. The van der Waals surface area contributed by atoms with Gasteiger partial charge < -0.3 is 28.8 Å². The van der Waals surface area contributed by atoms with Gasteiger partial charge in [-0.25, -0.2) is 0 Å². The number of nitrogens with zero attached hydrogens (tertiary/aromatic N) is 1. The number of rotatable bonds is 62. The van der Waals surface area contributed by atoms with E-state index in [1.165, 1.54) is 289 Å². The molecular weight excluding hydrogens is 936 g/mol. The Kier molecular flexibility index (Phi) is 56.4. The van der Waals surface area contributed by atoms with Gasteiger partial charge in [-0.15, -0.1) is 0 Å². The Labute approximate surface area is 462 Å². The van der Waals surface area contributed by atoms with Gasteiger partial charge in [-0.3, -0.25) is 9.36 Å². The van der Waals surface area contributed by atoms with E-state index in [0.717, 1.165) is 38.5 Å². The molecule has 1 unspecified atom stereocenters. The fraction of sp³-hybridized carbons (Fsp3) is 0.954. The van der Waals surface area contributed by atoms with Crippen molar-refractivity contribution in [3.63, 3.8) is 0 Å².